The van der Waals surface area contributed by atoms with Crippen molar-refractivity contribution in [2.75, 3.05) is 33.7 Å². The quantitative estimate of drug-likeness (QED) is 0.700. The fourth-order valence-electron chi connectivity index (χ4n) is 3.58. The number of carbonyl (C=O) groups is 2. The number of thiophene rings is 1. The molecular formula is C21H26N2O5S. The van der Waals surface area contributed by atoms with E-state index in [0.717, 1.165) is 37.7 Å². The predicted molar refractivity (Wildman–Crippen MR) is 113 cm³/mol. The highest BCUT2D eigenvalue weighted by atomic mass is 32.1. The third-order valence-electron chi connectivity index (χ3n) is 5.03. The molecule has 0 fully saturated rings. The van der Waals surface area contributed by atoms with E-state index in [1.54, 1.807) is 19.2 Å². The van der Waals surface area contributed by atoms with Crippen LogP contribution in [-0.2, 0) is 12.8 Å². The average Bonchev–Trinajstić information content (AvgIpc) is 2.91. The van der Waals surface area contributed by atoms with Gasteiger partial charge in [-0.3, -0.25) is 9.59 Å². The average molecular weight is 419 g/mol. The Bertz CT molecular complexity index is 897. The molecule has 0 saturated carbocycles. The van der Waals surface area contributed by atoms with Gasteiger partial charge in [0.05, 0.1) is 26.9 Å². The molecule has 0 saturated heterocycles. The molecule has 7 nitrogen and oxygen atoms in total. The van der Waals surface area contributed by atoms with E-state index in [1.165, 1.54) is 37.5 Å². The van der Waals surface area contributed by atoms with Crippen molar-refractivity contribution in [1.82, 2.24) is 5.32 Å². The number of hydrogen-bond donors (Lipinski definition) is 2. The SMILES string of the molecule is CNC(=O)c1c(NC(=O)c2cc(OC)c(OC)c(OC)c2)sc2c1CCCCC2. The maximum absolute atomic E-state index is 13.0. The minimum absolute atomic E-state index is 0.176. The summed E-state index contributed by atoms with van der Waals surface area (Å²) in [6.45, 7) is 0. The molecule has 1 aromatic heterocycles. The summed E-state index contributed by atoms with van der Waals surface area (Å²) in [6.07, 6.45) is 5.09. The Balaban J connectivity index is 1.98. The lowest BCUT2D eigenvalue weighted by Gasteiger charge is -2.14. The predicted octanol–water partition coefficient (Wildman–Crippen LogP) is 3.65. The highest BCUT2D eigenvalue weighted by Gasteiger charge is 2.26. The summed E-state index contributed by atoms with van der Waals surface area (Å²) in [7, 11) is 6.11. The van der Waals surface area contributed by atoms with E-state index in [1.807, 2.05) is 0 Å². The van der Waals surface area contributed by atoms with Gasteiger partial charge in [0, 0.05) is 17.5 Å². The van der Waals surface area contributed by atoms with Crippen LogP contribution < -0.4 is 24.8 Å². The zero-order chi connectivity index (χ0) is 21.0. The molecule has 3 rings (SSSR count). The molecule has 1 heterocycles. The first-order valence-electron chi connectivity index (χ1n) is 9.52. The van der Waals surface area contributed by atoms with Crippen LogP contribution in [0, 0.1) is 0 Å². The molecule has 29 heavy (non-hydrogen) atoms. The molecule has 1 aliphatic rings. The van der Waals surface area contributed by atoms with Crippen LogP contribution in [0.25, 0.3) is 0 Å². The van der Waals surface area contributed by atoms with E-state index in [0.29, 0.717) is 33.4 Å². The lowest BCUT2D eigenvalue weighted by atomic mass is 10.0. The largest absolute Gasteiger partial charge is 0.493 e. The van der Waals surface area contributed by atoms with Crippen LogP contribution in [0.4, 0.5) is 5.00 Å². The van der Waals surface area contributed by atoms with Gasteiger partial charge in [-0.25, -0.2) is 0 Å². The molecule has 0 bridgehead atoms. The highest BCUT2D eigenvalue weighted by Crippen LogP contribution is 2.40. The number of anilines is 1. The van der Waals surface area contributed by atoms with Gasteiger partial charge in [-0.1, -0.05) is 6.42 Å². The topological polar surface area (TPSA) is 85.9 Å². The molecule has 2 N–H and O–H groups in total. The summed E-state index contributed by atoms with van der Waals surface area (Å²) in [6, 6.07) is 3.18. The summed E-state index contributed by atoms with van der Waals surface area (Å²) in [4.78, 5) is 26.8. The van der Waals surface area contributed by atoms with E-state index in [4.69, 9.17) is 14.2 Å². The summed E-state index contributed by atoms with van der Waals surface area (Å²) >= 11 is 1.49. The van der Waals surface area contributed by atoms with Gasteiger partial charge in [0.1, 0.15) is 5.00 Å². The molecule has 2 aromatic rings. The fraction of sp³-hybridized carbons (Fsp3) is 0.429. The van der Waals surface area contributed by atoms with Crippen molar-refractivity contribution in [3.63, 3.8) is 0 Å². The fourth-order valence-corrected chi connectivity index (χ4v) is 4.87. The van der Waals surface area contributed by atoms with Gasteiger partial charge >= 0.3 is 0 Å². The summed E-state index contributed by atoms with van der Waals surface area (Å²) in [5, 5.41) is 6.21. The second-order valence-electron chi connectivity index (χ2n) is 6.72. The van der Waals surface area contributed by atoms with E-state index in [2.05, 4.69) is 10.6 Å². The van der Waals surface area contributed by atoms with Crippen molar-refractivity contribution >= 4 is 28.2 Å². The molecular weight excluding hydrogens is 392 g/mol. The molecule has 0 atom stereocenters. The van der Waals surface area contributed by atoms with Gasteiger partial charge in [0.15, 0.2) is 11.5 Å². The lowest BCUT2D eigenvalue weighted by Crippen LogP contribution is -2.21. The van der Waals surface area contributed by atoms with Crippen molar-refractivity contribution in [2.24, 2.45) is 0 Å². The molecule has 8 heteroatoms. The van der Waals surface area contributed by atoms with Gasteiger partial charge < -0.3 is 24.8 Å². The third-order valence-corrected chi connectivity index (χ3v) is 6.24. The van der Waals surface area contributed by atoms with Gasteiger partial charge in [-0.2, -0.15) is 0 Å². The third kappa shape index (κ3) is 4.17. The Morgan fingerprint density at radius 2 is 1.59 bits per heavy atom. The Hall–Kier alpha value is -2.74. The smallest absolute Gasteiger partial charge is 0.256 e. The van der Waals surface area contributed by atoms with Crippen molar-refractivity contribution in [2.45, 2.75) is 32.1 Å². The minimum atomic E-state index is -0.342. The second kappa shape index (κ2) is 9.17. The van der Waals surface area contributed by atoms with E-state index in [9.17, 15) is 9.59 Å². The maximum atomic E-state index is 13.0. The van der Waals surface area contributed by atoms with E-state index >= 15 is 0 Å². The number of benzene rings is 1. The molecule has 0 radical (unpaired) electrons. The number of aryl methyl sites for hydroxylation is 1. The number of ether oxygens (including phenoxy) is 3. The molecule has 1 aliphatic carbocycles. The lowest BCUT2D eigenvalue weighted by molar-refractivity contribution is 0.0963. The maximum Gasteiger partial charge on any atom is 0.256 e. The number of methoxy groups -OCH3 is 3. The zero-order valence-corrected chi connectivity index (χ0v) is 18.0. The normalized spacial score (nSPS) is 13.1. The highest BCUT2D eigenvalue weighted by molar-refractivity contribution is 7.17. The number of nitrogens with one attached hydrogen (secondary N) is 2. The van der Waals surface area contributed by atoms with Gasteiger partial charge in [0.25, 0.3) is 11.8 Å². The van der Waals surface area contributed by atoms with Crippen LogP contribution in [0.3, 0.4) is 0 Å². The van der Waals surface area contributed by atoms with Gasteiger partial charge in [-0.15, -0.1) is 11.3 Å². The van der Waals surface area contributed by atoms with Crippen LogP contribution in [0.2, 0.25) is 0 Å². The van der Waals surface area contributed by atoms with Crippen LogP contribution in [0.1, 0.15) is 50.4 Å². The molecule has 156 valence electrons. The number of amides is 2. The first-order chi connectivity index (χ1) is 14.0. The molecule has 2 amide bonds. The van der Waals surface area contributed by atoms with E-state index < -0.39 is 0 Å². The van der Waals surface area contributed by atoms with Crippen LogP contribution in [0.15, 0.2) is 12.1 Å². The monoisotopic (exact) mass is 418 g/mol. The first-order valence-corrected chi connectivity index (χ1v) is 10.3. The number of hydrogen-bond acceptors (Lipinski definition) is 6. The summed E-state index contributed by atoms with van der Waals surface area (Å²) in [5.74, 6) is 0.687. The standard InChI is InChI=1S/C21H26N2O5S/c1-22-20(25)17-13-8-6-5-7-9-16(13)29-21(17)23-19(24)12-10-14(26-2)18(28-4)15(11-12)27-3/h10-11H,5-9H2,1-4H3,(H,22,25)(H,23,24). The number of fused-ring (bicyclic) bond motifs is 1. The van der Waals surface area contributed by atoms with Crippen LogP contribution in [-0.4, -0.2) is 40.2 Å². The summed E-state index contributed by atoms with van der Waals surface area (Å²) < 4.78 is 16.0. The van der Waals surface area contributed by atoms with Crippen LogP contribution >= 0.6 is 11.3 Å². The molecule has 0 aliphatic heterocycles. The van der Waals surface area contributed by atoms with Gasteiger partial charge in [0.2, 0.25) is 5.75 Å². The van der Waals surface area contributed by atoms with Crippen LogP contribution in [0.5, 0.6) is 17.2 Å². The van der Waals surface area contributed by atoms with Crippen molar-refractivity contribution in [1.29, 1.82) is 0 Å². The number of rotatable bonds is 6. The molecule has 1 aromatic carbocycles. The minimum Gasteiger partial charge on any atom is -0.493 e. The van der Waals surface area contributed by atoms with Crippen molar-refractivity contribution in [3.05, 3.63) is 33.7 Å². The molecule has 0 unspecified atom stereocenters. The first kappa shape index (κ1) is 21.0. The van der Waals surface area contributed by atoms with E-state index in [-0.39, 0.29) is 11.8 Å². The van der Waals surface area contributed by atoms with Crippen molar-refractivity contribution in [3.8, 4) is 17.2 Å². The zero-order valence-electron chi connectivity index (χ0n) is 17.1. The summed E-state index contributed by atoms with van der Waals surface area (Å²) in [5.41, 5.74) is 1.99. The Labute approximate surface area is 174 Å². The number of carbonyl (C=O) groups excluding carboxylic acids is 2. The van der Waals surface area contributed by atoms with Gasteiger partial charge in [-0.05, 0) is 43.4 Å². The molecule has 0 spiro atoms. The second-order valence-corrected chi connectivity index (χ2v) is 7.82. The Morgan fingerprint density at radius 1 is 0.931 bits per heavy atom. The Morgan fingerprint density at radius 3 is 2.17 bits per heavy atom. The Kier molecular flexibility index (Phi) is 6.64. The van der Waals surface area contributed by atoms with Crippen molar-refractivity contribution < 1.29 is 23.8 Å².